The Morgan fingerprint density at radius 2 is 1.97 bits per heavy atom. The standard InChI is InChI=1S/C28H32N2O4S/c1-5-34-27(33)18-8-6-17(7-9-18)23(12-13-31)29-25(32)24-16-20-14-19-15-21(28(2,3)4)10-11-22(19)30-26(20)35-24/h6-9,13-14,16,21,23H,5,10-12,15H2,1-4H3,(H,29,32)/t21-,23+/m0/s1. The molecule has 0 unspecified atom stereocenters. The minimum atomic E-state index is -0.491. The lowest BCUT2D eigenvalue weighted by atomic mass is 9.71. The van der Waals surface area contributed by atoms with E-state index in [2.05, 4.69) is 32.2 Å². The number of aryl methyl sites for hydroxylation is 1. The van der Waals surface area contributed by atoms with Gasteiger partial charge in [0.25, 0.3) is 5.91 Å². The van der Waals surface area contributed by atoms with Crippen LogP contribution in [0.2, 0.25) is 0 Å². The number of carbonyl (C=O) groups excluding carboxylic acids is 3. The molecule has 0 aliphatic heterocycles. The average molecular weight is 493 g/mol. The molecule has 6 nitrogen and oxygen atoms in total. The van der Waals surface area contributed by atoms with Gasteiger partial charge in [-0.05, 0) is 72.9 Å². The van der Waals surface area contributed by atoms with Crippen LogP contribution in [0.15, 0.2) is 36.4 Å². The van der Waals surface area contributed by atoms with E-state index in [1.165, 1.54) is 16.9 Å². The van der Waals surface area contributed by atoms with Gasteiger partial charge >= 0.3 is 5.97 Å². The van der Waals surface area contributed by atoms with E-state index in [-0.39, 0.29) is 17.7 Å². The number of aromatic nitrogens is 1. The summed E-state index contributed by atoms with van der Waals surface area (Å²) in [5.74, 6) is -0.0147. The van der Waals surface area contributed by atoms with E-state index in [9.17, 15) is 14.4 Å². The van der Waals surface area contributed by atoms with Gasteiger partial charge in [-0.1, -0.05) is 32.9 Å². The molecule has 2 heterocycles. The number of hydrogen-bond acceptors (Lipinski definition) is 6. The highest BCUT2D eigenvalue weighted by atomic mass is 32.1. The van der Waals surface area contributed by atoms with Crippen LogP contribution in [0.4, 0.5) is 0 Å². The zero-order valence-corrected chi connectivity index (χ0v) is 21.5. The van der Waals surface area contributed by atoms with Gasteiger partial charge in [0, 0.05) is 17.5 Å². The molecule has 0 spiro atoms. The number of rotatable bonds is 7. The zero-order chi connectivity index (χ0) is 25.2. The highest BCUT2D eigenvalue weighted by Gasteiger charge is 2.30. The Bertz CT molecular complexity index is 1240. The number of hydrogen-bond donors (Lipinski definition) is 1. The summed E-state index contributed by atoms with van der Waals surface area (Å²) in [4.78, 5) is 42.7. The first-order chi connectivity index (χ1) is 16.7. The Morgan fingerprint density at radius 3 is 2.63 bits per heavy atom. The maximum absolute atomic E-state index is 13.1. The minimum Gasteiger partial charge on any atom is -0.462 e. The number of benzene rings is 1. The highest BCUT2D eigenvalue weighted by Crippen LogP contribution is 2.38. The fourth-order valence-corrected chi connectivity index (χ4v) is 5.58. The molecular formula is C28H32N2O4S. The third kappa shape index (κ3) is 5.61. The van der Waals surface area contributed by atoms with Crippen molar-refractivity contribution in [1.82, 2.24) is 10.3 Å². The summed E-state index contributed by atoms with van der Waals surface area (Å²) in [7, 11) is 0. The molecule has 1 amide bonds. The summed E-state index contributed by atoms with van der Waals surface area (Å²) in [6.45, 7) is 8.93. The lowest BCUT2D eigenvalue weighted by molar-refractivity contribution is -0.108. The molecule has 1 aromatic carbocycles. The van der Waals surface area contributed by atoms with Crippen LogP contribution in [-0.2, 0) is 22.4 Å². The molecule has 7 heteroatoms. The molecule has 0 fully saturated rings. The number of nitrogens with one attached hydrogen (secondary N) is 1. The number of pyridine rings is 1. The number of fused-ring (bicyclic) bond motifs is 2. The first kappa shape index (κ1) is 25.0. The van der Waals surface area contributed by atoms with Crippen LogP contribution in [0.25, 0.3) is 10.2 Å². The number of aldehydes is 1. The predicted molar refractivity (Wildman–Crippen MR) is 138 cm³/mol. The van der Waals surface area contributed by atoms with Crippen molar-refractivity contribution in [3.8, 4) is 0 Å². The number of nitrogens with zero attached hydrogens (tertiary/aromatic N) is 1. The summed E-state index contributed by atoms with van der Waals surface area (Å²) >= 11 is 1.38. The van der Waals surface area contributed by atoms with Gasteiger partial charge in [0.1, 0.15) is 11.1 Å². The molecule has 1 aliphatic carbocycles. The van der Waals surface area contributed by atoms with Crippen LogP contribution in [-0.4, -0.2) is 29.8 Å². The summed E-state index contributed by atoms with van der Waals surface area (Å²) in [6, 6.07) is 10.4. The molecule has 0 bridgehead atoms. The molecule has 1 aliphatic rings. The zero-order valence-electron chi connectivity index (χ0n) is 20.7. The molecule has 2 atom stereocenters. The molecule has 0 saturated carbocycles. The molecule has 184 valence electrons. The molecule has 4 rings (SSSR count). The van der Waals surface area contributed by atoms with Crippen molar-refractivity contribution >= 4 is 39.7 Å². The number of thiophene rings is 1. The van der Waals surface area contributed by atoms with Gasteiger partial charge in [-0.2, -0.15) is 0 Å². The molecular weight excluding hydrogens is 460 g/mol. The Hall–Kier alpha value is -3.06. The van der Waals surface area contributed by atoms with Crippen molar-refractivity contribution in [3.05, 3.63) is 63.7 Å². The van der Waals surface area contributed by atoms with E-state index in [1.807, 2.05) is 6.07 Å². The smallest absolute Gasteiger partial charge is 0.338 e. The van der Waals surface area contributed by atoms with Crippen molar-refractivity contribution in [2.45, 2.75) is 59.4 Å². The van der Waals surface area contributed by atoms with Crippen LogP contribution < -0.4 is 5.32 Å². The van der Waals surface area contributed by atoms with Gasteiger partial charge < -0.3 is 14.8 Å². The van der Waals surface area contributed by atoms with Gasteiger partial charge in [-0.25, -0.2) is 9.78 Å². The second-order valence-corrected chi connectivity index (χ2v) is 11.2. The third-order valence-corrected chi connectivity index (χ3v) is 7.83. The van der Waals surface area contributed by atoms with Crippen LogP contribution in [0.5, 0.6) is 0 Å². The molecule has 0 saturated heterocycles. The monoisotopic (exact) mass is 492 g/mol. The third-order valence-electron chi connectivity index (χ3n) is 6.78. The Labute approximate surface area is 210 Å². The maximum Gasteiger partial charge on any atom is 0.338 e. The fourth-order valence-electron chi connectivity index (χ4n) is 4.64. The van der Waals surface area contributed by atoms with Crippen LogP contribution in [0.3, 0.4) is 0 Å². The van der Waals surface area contributed by atoms with Crippen molar-refractivity contribution < 1.29 is 19.1 Å². The van der Waals surface area contributed by atoms with Gasteiger partial charge in [-0.15, -0.1) is 11.3 Å². The largest absolute Gasteiger partial charge is 0.462 e. The summed E-state index contributed by atoms with van der Waals surface area (Å²) < 4.78 is 5.02. The normalized spacial score (nSPS) is 16.4. The molecule has 35 heavy (non-hydrogen) atoms. The first-order valence-corrected chi connectivity index (χ1v) is 12.9. The summed E-state index contributed by atoms with van der Waals surface area (Å²) in [5.41, 5.74) is 3.87. The summed E-state index contributed by atoms with van der Waals surface area (Å²) in [5, 5.41) is 3.96. The van der Waals surface area contributed by atoms with Crippen LogP contribution in [0, 0.1) is 11.3 Å². The topological polar surface area (TPSA) is 85.4 Å². The van der Waals surface area contributed by atoms with E-state index < -0.39 is 12.0 Å². The van der Waals surface area contributed by atoms with Gasteiger partial charge in [-0.3, -0.25) is 4.79 Å². The van der Waals surface area contributed by atoms with Crippen molar-refractivity contribution in [3.63, 3.8) is 0 Å². The maximum atomic E-state index is 13.1. The average Bonchev–Trinajstić information content (AvgIpc) is 3.24. The molecule has 0 radical (unpaired) electrons. The molecule has 1 N–H and O–H groups in total. The van der Waals surface area contributed by atoms with Gasteiger partial charge in [0.15, 0.2) is 0 Å². The van der Waals surface area contributed by atoms with Gasteiger partial charge in [0.2, 0.25) is 0 Å². The fraction of sp³-hybridized carbons (Fsp3) is 0.429. The number of ether oxygens (including phenoxy) is 1. The lowest BCUT2D eigenvalue weighted by Crippen LogP contribution is -2.28. The second kappa shape index (κ2) is 10.3. The molecule has 2 aromatic heterocycles. The Morgan fingerprint density at radius 1 is 1.23 bits per heavy atom. The Kier molecular flexibility index (Phi) is 7.36. The number of amides is 1. The first-order valence-electron chi connectivity index (χ1n) is 12.1. The number of esters is 1. The van der Waals surface area contributed by atoms with Crippen LogP contribution in [0.1, 0.15) is 83.4 Å². The van der Waals surface area contributed by atoms with Crippen molar-refractivity contribution in [1.29, 1.82) is 0 Å². The van der Waals surface area contributed by atoms with E-state index in [0.717, 1.165) is 47.0 Å². The second-order valence-electron chi connectivity index (χ2n) is 10.2. The predicted octanol–water partition coefficient (Wildman–Crippen LogP) is 5.68. The Balaban J connectivity index is 1.53. The summed E-state index contributed by atoms with van der Waals surface area (Å²) in [6.07, 6.45) is 4.04. The lowest BCUT2D eigenvalue weighted by Gasteiger charge is -2.34. The van der Waals surface area contributed by atoms with E-state index in [0.29, 0.717) is 23.0 Å². The molecule has 3 aromatic rings. The van der Waals surface area contributed by atoms with E-state index in [1.54, 1.807) is 31.2 Å². The van der Waals surface area contributed by atoms with E-state index >= 15 is 0 Å². The quantitative estimate of drug-likeness (QED) is 0.339. The van der Waals surface area contributed by atoms with Gasteiger partial charge in [0.05, 0.1) is 23.1 Å². The van der Waals surface area contributed by atoms with Crippen molar-refractivity contribution in [2.24, 2.45) is 11.3 Å². The minimum absolute atomic E-state index is 0.135. The van der Waals surface area contributed by atoms with Crippen molar-refractivity contribution in [2.75, 3.05) is 6.61 Å². The van der Waals surface area contributed by atoms with Crippen LogP contribution >= 0.6 is 11.3 Å². The number of carbonyl (C=O) groups is 3. The highest BCUT2D eigenvalue weighted by molar-refractivity contribution is 7.20. The van der Waals surface area contributed by atoms with E-state index in [4.69, 9.17) is 9.72 Å². The SMILES string of the molecule is CCOC(=O)c1ccc([C@@H](CC=O)NC(=O)c2cc3cc4c(nc3s2)CC[C@H](C(C)(C)C)C4)cc1.